The molecule has 1 aliphatic rings. The molecule has 5 rings (SSSR count). The highest BCUT2D eigenvalue weighted by Gasteiger charge is 2.25. The van der Waals surface area contributed by atoms with Gasteiger partial charge >= 0.3 is 0 Å². The van der Waals surface area contributed by atoms with E-state index >= 15 is 0 Å². The lowest BCUT2D eigenvalue weighted by Crippen LogP contribution is -2.47. The maximum atomic E-state index is 12.8. The second-order valence-corrected chi connectivity index (χ2v) is 8.95. The van der Waals surface area contributed by atoms with Crippen molar-refractivity contribution in [3.05, 3.63) is 66.7 Å². The predicted octanol–water partition coefficient (Wildman–Crippen LogP) is 5.20. The molecule has 0 spiro atoms. The Kier molecular flexibility index (Phi) is 5.97. The van der Waals surface area contributed by atoms with Crippen LogP contribution in [0, 0.1) is 0 Å². The molecule has 1 atom stereocenters. The number of nitrogens with one attached hydrogen (secondary N) is 1. The lowest BCUT2D eigenvalue weighted by molar-refractivity contribution is -0.124. The zero-order chi connectivity index (χ0) is 22.8. The van der Waals surface area contributed by atoms with Crippen molar-refractivity contribution in [2.24, 2.45) is 5.73 Å². The summed E-state index contributed by atoms with van der Waals surface area (Å²) < 4.78 is 0. The number of nitrogens with two attached hydrogens (primary N) is 1. The van der Waals surface area contributed by atoms with Crippen molar-refractivity contribution in [3.63, 3.8) is 0 Å². The molecule has 5 nitrogen and oxygen atoms in total. The Morgan fingerprint density at radius 3 is 2.27 bits per heavy atom. The zero-order valence-electron chi connectivity index (χ0n) is 18.7. The van der Waals surface area contributed by atoms with Gasteiger partial charge in [0, 0.05) is 17.5 Å². The van der Waals surface area contributed by atoms with E-state index < -0.39 is 0 Å². The average Bonchev–Trinajstić information content (AvgIpc) is 2.84. The van der Waals surface area contributed by atoms with Crippen LogP contribution in [0.3, 0.4) is 0 Å². The van der Waals surface area contributed by atoms with Crippen molar-refractivity contribution in [2.75, 3.05) is 18.4 Å². The van der Waals surface area contributed by atoms with E-state index in [1.165, 1.54) is 28.0 Å². The van der Waals surface area contributed by atoms with Crippen LogP contribution in [0.5, 0.6) is 0 Å². The Balaban J connectivity index is 1.38. The minimum Gasteiger partial charge on any atom is -0.368 e. The summed E-state index contributed by atoms with van der Waals surface area (Å²) in [7, 11) is 0. The number of carbonyl (C=O) groups is 2. The molecule has 1 unspecified atom stereocenters. The van der Waals surface area contributed by atoms with Gasteiger partial charge in [0.1, 0.15) is 0 Å². The van der Waals surface area contributed by atoms with Gasteiger partial charge in [0.05, 0.1) is 6.04 Å². The van der Waals surface area contributed by atoms with Crippen LogP contribution in [0.15, 0.2) is 66.7 Å². The fourth-order valence-corrected chi connectivity index (χ4v) is 5.18. The largest absolute Gasteiger partial charge is 0.368 e. The number of benzene rings is 4. The molecule has 1 fully saturated rings. The first-order chi connectivity index (χ1) is 16.1. The smallest absolute Gasteiger partial charge is 0.234 e. The Bertz CT molecular complexity index is 1340. The van der Waals surface area contributed by atoms with Crippen LogP contribution in [-0.4, -0.2) is 35.8 Å². The number of nitrogens with zero attached hydrogens (tertiary/aromatic N) is 1. The van der Waals surface area contributed by atoms with Gasteiger partial charge in [0.2, 0.25) is 11.8 Å². The van der Waals surface area contributed by atoms with Crippen LogP contribution < -0.4 is 11.1 Å². The number of piperidine rings is 1. The number of rotatable bonds is 6. The Hall–Kier alpha value is -3.44. The highest BCUT2D eigenvalue weighted by atomic mass is 16.2. The van der Waals surface area contributed by atoms with E-state index in [0.717, 1.165) is 42.4 Å². The molecule has 1 saturated heterocycles. The summed E-state index contributed by atoms with van der Waals surface area (Å²) in [5.41, 5.74) is 6.45. The van der Waals surface area contributed by atoms with Crippen molar-refractivity contribution in [1.82, 2.24) is 4.90 Å². The number of amides is 2. The lowest BCUT2D eigenvalue weighted by atomic mass is 9.96. The van der Waals surface area contributed by atoms with Crippen LogP contribution in [0.4, 0.5) is 5.69 Å². The van der Waals surface area contributed by atoms with Crippen LogP contribution in [0.1, 0.15) is 32.1 Å². The van der Waals surface area contributed by atoms with Crippen LogP contribution in [0.25, 0.3) is 32.3 Å². The number of primary amides is 1. The van der Waals surface area contributed by atoms with Gasteiger partial charge in [-0.15, -0.1) is 0 Å². The molecule has 0 bridgehead atoms. The average molecular weight is 440 g/mol. The summed E-state index contributed by atoms with van der Waals surface area (Å²) in [6.07, 6.45) is 4.05. The van der Waals surface area contributed by atoms with Gasteiger partial charge in [-0.05, 0) is 65.3 Å². The fraction of sp³-hybridized carbons (Fsp3) is 0.286. The maximum Gasteiger partial charge on any atom is 0.234 e. The van der Waals surface area contributed by atoms with Crippen molar-refractivity contribution < 1.29 is 9.59 Å². The highest BCUT2D eigenvalue weighted by molar-refractivity contribution is 6.19. The highest BCUT2D eigenvalue weighted by Crippen LogP contribution is 2.34. The van der Waals surface area contributed by atoms with E-state index in [2.05, 4.69) is 64.8 Å². The first kappa shape index (κ1) is 21.4. The van der Waals surface area contributed by atoms with Gasteiger partial charge < -0.3 is 11.1 Å². The minimum atomic E-state index is -0.374. The second kappa shape index (κ2) is 9.20. The lowest BCUT2D eigenvalue weighted by Gasteiger charge is -2.32. The Morgan fingerprint density at radius 2 is 1.45 bits per heavy atom. The summed E-state index contributed by atoms with van der Waals surface area (Å²) in [6.45, 7) is 1.75. The minimum absolute atomic E-state index is 0.0932. The van der Waals surface area contributed by atoms with E-state index in [0.29, 0.717) is 6.42 Å². The molecule has 1 aliphatic heterocycles. The normalized spacial score (nSPS) is 15.6. The number of hydrogen-bond acceptors (Lipinski definition) is 3. The Labute approximate surface area is 193 Å². The molecule has 33 heavy (non-hydrogen) atoms. The maximum absolute atomic E-state index is 12.8. The van der Waals surface area contributed by atoms with Crippen molar-refractivity contribution >= 4 is 49.8 Å². The van der Waals surface area contributed by atoms with E-state index in [1.807, 2.05) is 12.1 Å². The standard InChI is InChI=1S/C28H29N3O2/c29-28(33)26(31-17-4-1-5-18-31)15-16-27(32)30-25-10-6-9-21-23-12-11-19-7-2-3-8-20(19)22(23)13-14-24(21)25/h2-3,6-14,26H,1,4-5,15-18H2,(H2,29,33)(H,30,32). The fourth-order valence-electron chi connectivity index (χ4n) is 5.18. The van der Waals surface area contributed by atoms with Crippen LogP contribution in [0.2, 0.25) is 0 Å². The number of carbonyl (C=O) groups excluding carboxylic acids is 2. The second-order valence-electron chi connectivity index (χ2n) is 8.95. The summed E-state index contributed by atoms with van der Waals surface area (Å²) in [4.78, 5) is 27.0. The summed E-state index contributed by atoms with van der Waals surface area (Å²) >= 11 is 0. The molecule has 0 aromatic heterocycles. The molecular weight excluding hydrogens is 410 g/mol. The first-order valence-electron chi connectivity index (χ1n) is 11.8. The molecule has 168 valence electrons. The van der Waals surface area contributed by atoms with Crippen molar-refractivity contribution in [3.8, 4) is 0 Å². The molecule has 0 aliphatic carbocycles. The van der Waals surface area contributed by atoms with Crippen LogP contribution in [-0.2, 0) is 9.59 Å². The van der Waals surface area contributed by atoms with E-state index in [9.17, 15) is 9.59 Å². The van der Waals surface area contributed by atoms with Crippen LogP contribution >= 0.6 is 0 Å². The van der Waals surface area contributed by atoms with Gasteiger partial charge in [-0.3, -0.25) is 14.5 Å². The molecule has 1 heterocycles. The van der Waals surface area contributed by atoms with Gasteiger partial charge in [0.25, 0.3) is 0 Å². The third-order valence-corrected chi connectivity index (χ3v) is 6.86. The van der Waals surface area contributed by atoms with Gasteiger partial charge in [-0.2, -0.15) is 0 Å². The zero-order valence-corrected chi connectivity index (χ0v) is 18.7. The number of likely N-dealkylation sites (tertiary alicyclic amines) is 1. The molecule has 5 heteroatoms. The number of fused-ring (bicyclic) bond motifs is 5. The molecule has 0 radical (unpaired) electrons. The van der Waals surface area contributed by atoms with Crippen molar-refractivity contribution in [1.29, 1.82) is 0 Å². The van der Waals surface area contributed by atoms with E-state index in [-0.39, 0.29) is 24.3 Å². The van der Waals surface area contributed by atoms with E-state index in [1.54, 1.807) is 0 Å². The number of hydrogen-bond donors (Lipinski definition) is 2. The van der Waals surface area contributed by atoms with E-state index in [4.69, 9.17) is 5.73 Å². The number of anilines is 1. The first-order valence-corrected chi connectivity index (χ1v) is 11.8. The van der Waals surface area contributed by atoms with Gasteiger partial charge in [0.15, 0.2) is 0 Å². The molecule has 4 aromatic carbocycles. The third kappa shape index (κ3) is 4.29. The SMILES string of the molecule is NC(=O)C(CCC(=O)Nc1cccc2c1ccc1c3ccccc3ccc21)N1CCCCC1. The molecule has 4 aromatic rings. The van der Waals surface area contributed by atoms with Crippen molar-refractivity contribution in [2.45, 2.75) is 38.1 Å². The Morgan fingerprint density at radius 1 is 0.788 bits per heavy atom. The van der Waals surface area contributed by atoms with Gasteiger partial charge in [-0.25, -0.2) is 0 Å². The molecule has 0 saturated carbocycles. The van der Waals surface area contributed by atoms with Gasteiger partial charge in [-0.1, -0.05) is 67.1 Å². The third-order valence-electron chi connectivity index (χ3n) is 6.86. The predicted molar refractivity (Wildman–Crippen MR) is 135 cm³/mol. The summed E-state index contributed by atoms with van der Waals surface area (Å²) in [5.74, 6) is -0.432. The quantitative estimate of drug-likeness (QED) is 0.405. The molecule has 2 amide bonds. The topological polar surface area (TPSA) is 75.4 Å². The monoisotopic (exact) mass is 439 g/mol. The summed E-state index contributed by atoms with van der Waals surface area (Å²) in [6, 6.07) is 22.5. The molecule has 3 N–H and O–H groups in total. The summed E-state index contributed by atoms with van der Waals surface area (Å²) in [5, 5.41) is 10.0. The molecular formula is C28H29N3O2.